The fourth-order valence-electron chi connectivity index (χ4n) is 1.86. The molecule has 0 unspecified atom stereocenters. The Morgan fingerprint density at radius 2 is 2.06 bits per heavy atom. The van der Waals surface area contributed by atoms with Crippen LogP contribution in [-0.4, -0.2) is 13.0 Å². The van der Waals surface area contributed by atoms with E-state index in [1.165, 1.54) is 0 Å². The van der Waals surface area contributed by atoms with Crippen molar-refractivity contribution in [1.29, 1.82) is 0 Å². The molecular weight excluding hydrogens is 228 g/mol. The van der Waals surface area contributed by atoms with E-state index in [1.807, 2.05) is 32.0 Å². The average molecular weight is 250 g/mol. The molecule has 1 aromatic rings. The van der Waals surface area contributed by atoms with Gasteiger partial charge in [-0.3, -0.25) is 4.79 Å². The van der Waals surface area contributed by atoms with Crippen molar-refractivity contribution in [2.75, 3.05) is 12.4 Å². The second-order valence-electron chi connectivity index (χ2n) is 4.24. The summed E-state index contributed by atoms with van der Waals surface area (Å²) in [6.45, 7) is 4.49. The van der Waals surface area contributed by atoms with Crippen LogP contribution >= 0.6 is 0 Å². The van der Waals surface area contributed by atoms with Crippen LogP contribution in [0.3, 0.4) is 0 Å². The Morgan fingerprint density at radius 3 is 2.56 bits per heavy atom. The van der Waals surface area contributed by atoms with E-state index < -0.39 is 0 Å². The largest absolute Gasteiger partial charge is 0.495 e. The third-order valence-corrected chi connectivity index (χ3v) is 3.12. The Balaban J connectivity index is 2.86. The van der Waals surface area contributed by atoms with E-state index in [2.05, 4.69) is 5.32 Å². The Labute approximate surface area is 109 Å². The lowest BCUT2D eigenvalue weighted by Crippen LogP contribution is -2.22. The van der Waals surface area contributed by atoms with Crippen LogP contribution in [0.25, 0.3) is 0 Å². The summed E-state index contributed by atoms with van der Waals surface area (Å²) >= 11 is 0. The number of anilines is 1. The monoisotopic (exact) mass is 250 g/mol. The molecule has 4 heteroatoms. The fourth-order valence-corrected chi connectivity index (χ4v) is 1.86. The molecule has 4 nitrogen and oxygen atoms in total. The highest BCUT2D eigenvalue weighted by Crippen LogP contribution is 2.26. The predicted molar refractivity (Wildman–Crippen MR) is 73.6 cm³/mol. The molecule has 0 aliphatic heterocycles. The molecule has 0 atom stereocenters. The molecule has 0 saturated heterocycles. The van der Waals surface area contributed by atoms with Gasteiger partial charge in [0.2, 0.25) is 5.91 Å². The molecule has 0 saturated carbocycles. The summed E-state index contributed by atoms with van der Waals surface area (Å²) in [4.78, 5) is 12.0. The van der Waals surface area contributed by atoms with E-state index in [1.54, 1.807) is 7.11 Å². The zero-order chi connectivity index (χ0) is 13.5. The molecule has 0 aliphatic carbocycles. The van der Waals surface area contributed by atoms with Gasteiger partial charge in [0.25, 0.3) is 0 Å². The first-order valence-electron chi connectivity index (χ1n) is 6.34. The topological polar surface area (TPSA) is 64.4 Å². The van der Waals surface area contributed by atoms with Crippen molar-refractivity contribution in [3.8, 4) is 5.75 Å². The van der Waals surface area contributed by atoms with E-state index in [0.717, 1.165) is 18.4 Å². The van der Waals surface area contributed by atoms with Gasteiger partial charge < -0.3 is 15.8 Å². The molecule has 100 valence electrons. The summed E-state index contributed by atoms with van der Waals surface area (Å²) in [6, 6.07) is 5.58. The Bertz CT molecular complexity index is 401. The number of amides is 1. The first-order chi connectivity index (χ1) is 8.65. The molecule has 3 N–H and O–H groups in total. The lowest BCUT2D eigenvalue weighted by molar-refractivity contribution is -0.120. The van der Waals surface area contributed by atoms with E-state index >= 15 is 0 Å². The molecule has 1 rings (SSSR count). The molecule has 0 bridgehead atoms. The molecule has 1 aromatic carbocycles. The number of hydrogen-bond donors (Lipinski definition) is 2. The minimum Gasteiger partial charge on any atom is -0.495 e. The highest BCUT2D eigenvalue weighted by Gasteiger charge is 2.15. The van der Waals surface area contributed by atoms with Gasteiger partial charge in [-0.05, 0) is 30.5 Å². The van der Waals surface area contributed by atoms with Gasteiger partial charge in [0.05, 0.1) is 12.8 Å². The summed E-state index contributed by atoms with van der Waals surface area (Å²) in [6.07, 6.45) is 1.68. The normalized spacial score (nSPS) is 10.5. The van der Waals surface area contributed by atoms with Crippen molar-refractivity contribution in [2.45, 2.75) is 33.2 Å². The lowest BCUT2D eigenvalue weighted by atomic mass is 10.0. The summed E-state index contributed by atoms with van der Waals surface area (Å²) in [5.74, 6) is 0.736. The lowest BCUT2D eigenvalue weighted by Gasteiger charge is -2.15. The number of rotatable bonds is 6. The molecule has 0 aromatic heterocycles. The fraction of sp³-hybridized carbons (Fsp3) is 0.500. The number of carbonyl (C=O) groups is 1. The van der Waals surface area contributed by atoms with Gasteiger partial charge >= 0.3 is 0 Å². The molecule has 0 fully saturated rings. The van der Waals surface area contributed by atoms with Crippen molar-refractivity contribution in [1.82, 2.24) is 0 Å². The van der Waals surface area contributed by atoms with Crippen molar-refractivity contribution in [3.63, 3.8) is 0 Å². The van der Waals surface area contributed by atoms with Gasteiger partial charge in [-0.1, -0.05) is 19.9 Å². The van der Waals surface area contributed by atoms with Crippen LogP contribution in [0.15, 0.2) is 18.2 Å². The molecular formula is C14H22N2O2. The Kier molecular flexibility index (Phi) is 5.65. The number of methoxy groups -OCH3 is 1. The van der Waals surface area contributed by atoms with Crippen LogP contribution in [-0.2, 0) is 11.3 Å². The minimum atomic E-state index is 0.0406. The zero-order valence-corrected chi connectivity index (χ0v) is 11.3. The molecule has 1 amide bonds. The van der Waals surface area contributed by atoms with E-state index in [4.69, 9.17) is 10.5 Å². The number of benzene rings is 1. The molecule has 0 radical (unpaired) electrons. The van der Waals surface area contributed by atoms with Gasteiger partial charge in [0.15, 0.2) is 0 Å². The number of ether oxygens (including phenoxy) is 1. The summed E-state index contributed by atoms with van der Waals surface area (Å²) in [5, 5.41) is 2.91. The quantitative estimate of drug-likeness (QED) is 0.815. The summed E-state index contributed by atoms with van der Waals surface area (Å²) < 4.78 is 5.27. The average Bonchev–Trinajstić information content (AvgIpc) is 2.40. The Hall–Kier alpha value is -1.55. The maximum absolute atomic E-state index is 12.0. The van der Waals surface area contributed by atoms with Crippen LogP contribution in [0, 0.1) is 5.92 Å². The van der Waals surface area contributed by atoms with Crippen LogP contribution in [0.5, 0.6) is 5.75 Å². The number of carbonyl (C=O) groups excluding carboxylic acids is 1. The van der Waals surface area contributed by atoms with Gasteiger partial charge in [0.1, 0.15) is 5.75 Å². The molecule has 18 heavy (non-hydrogen) atoms. The first-order valence-corrected chi connectivity index (χ1v) is 6.34. The SMILES string of the molecule is CCC(CC)C(=O)Nc1ccc(CN)cc1OC. The van der Waals surface area contributed by atoms with Crippen LogP contribution in [0.4, 0.5) is 5.69 Å². The highest BCUT2D eigenvalue weighted by molar-refractivity contribution is 5.93. The number of hydrogen-bond acceptors (Lipinski definition) is 3. The zero-order valence-electron chi connectivity index (χ0n) is 11.3. The molecule has 0 spiro atoms. The van der Waals surface area contributed by atoms with Crippen LogP contribution < -0.4 is 15.8 Å². The van der Waals surface area contributed by atoms with Gasteiger partial charge in [-0.25, -0.2) is 0 Å². The molecule has 0 heterocycles. The Morgan fingerprint density at radius 1 is 1.39 bits per heavy atom. The second-order valence-corrected chi connectivity index (χ2v) is 4.24. The predicted octanol–water partition coefficient (Wildman–Crippen LogP) is 2.53. The van der Waals surface area contributed by atoms with Crippen molar-refractivity contribution >= 4 is 11.6 Å². The summed E-state index contributed by atoms with van der Waals surface area (Å²) in [7, 11) is 1.59. The minimum absolute atomic E-state index is 0.0406. The van der Waals surface area contributed by atoms with Crippen molar-refractivity contribution in [2.24, 2.45) is 11.7 Å². The first kappa shape index (κ1) is 14.5. The summed E-state index contributed by atoms with van der Waals surface area (Å²) in [5.41, 5.74) is 7.25. The second kappa shape index (κ2) is 7.01. The van der Waals surface area contributed by atoms with Gasteiger partial charge in [-0.2, -0.15) is 0 Å². The van der Waals surface area contributed by atoms with E-state index in [0.29, 0.717) is 18.0 Å². The smallest absolute Gasteiger partial charge is 0.227 e. The standard InChI is InChI=1S/C14H22N2O2/c1-4-11(5-2)14(17)16-12-7-6-10(9-15)8-13(12)18-3/h6-8,11H,4-5,9,15H2,1-3H3,(H,16,17). The van der Waals surface area contributed by atoms with Crippen LogP contribution in [0.1, 0.15) is 32.3 Å². The number of nitrogens with two attached hydrogens (primary N) is 1. The highest BCUT2D eigenvalue weighted by atomic mass is 16.5. The van der Waals surface area contributed by atoms with Gasteiger partial charge in [0, 0.05) is 12.5 Å². The van der Waals surface area contributed by atoms with Crippen molar-refractivity contribution in [3.05, 3.63) is 23.8 Å². The third kappa shape index (κ3) is 3.47. The maximum Gasteiger partial charge on any atom is 0.227 e. The van der Waals surface area contributed by atoms with E-state index in [9.17, 15) is 4.79 Å². The third-order valence-electron chi connectivity index (χ3n) is 3.12. The maximum atomic E-state index is 12.0. The number of nitrogens with one attached hydrogen (secondary N) is 1. The van der Waals surface area contributed by atoms with Crippen LogP contribution in [0.2, 0.25) is 0 Å². The van der Waals surface area contributed by atoms with E-state index in [-0.39, 0.29) is 11.8 Å². The van der Waals surface area contributed by atoms with Crippen molar-refractivity contribution < 1.29 is 9.53 Å². The molecule has 0 aliphatic rings. The van der Waals surface area contributed by atoms with Gasteiger partial charge in [-0.15, -0.1) is 0 Å².